The SMILES string of the molecule is CC(C)=CC(=O)c1ccccc1-c1ccccc1. The van der Waals surface area contributed by atoms with Gasteiger partial charge in [-0.2, -0.15) is 0 Å². The summed E-state index contributed by atoms with van der Waals surface area (Å²) in [7, 11) is 0. The summed E-state index contributed by atoms with van der Waals surface area (Å²) in [5.41, 5.74) is 3.83. The summed E-state index contributed by atoms with van der Waals surface area (Å²) in [5, 5.41) is 0. The van der Waals surface area contributed by atoms with Crippen molar-refractivity contribution in [2.24, 2.45) is 0 Å². The molecule has 18 heavy (non-hydrogen) atoms. The third-order valence-corrected chi connectivity index (χ3v) is 2.70. The molecule has 0 heterocycles. The first-order chi connectivity index (χ1) is 8.68. The summed E-state index contributed by atoms with van der Waals surface area (Å²) in [5.74, 6) is 0.0643. The summed E-state index contributed by atoms with van der Waals surface area (Å²) < 4.78 is 0. The zero-order valence-corrected chi connectivity index (χ0v) is 10.7. The average molecular weight is 236 g/mol. The Balaban J connectivity index is 2.51. The van der Waals surface area contributed by atoms with Crippen molar-refractivity contribution in [1.82, 2.24) is 0 Å². The highest BCUT2D eigenvalue weighted by Gasteiger charge is 2.09. The molecule has 0 bridgehead atoms. The molecule has 2 rings (SSSR count). The molecule has 0 saturated heterocycles. The van der Waals surface area contributed by atoms with Crippen LogP contribution in [0.3, 0.4) is 0 Å². The molecule has 0 N–H and O–H groups in total. The molecule has 2 aromatic carbocycles. The lowest BCUT2D eigenvalue weighted by molar-refractivity contribution is 0.104. The molecule has 90 valence electrons. The van der Waals surface area contributed by atoms with E-state index in [0.717, 1.165) is 22.3 Å². The molecule has 0 spiro atoms. The van der Waals surface area contributed by atoms with Gasteiger partial charge in [0.15, 0.2) is 5.78 Å². The van der Waals surface area contributed by atoms with Crippen LogP contribution in [0.15, 0.2) is 66.2 Å². The van der Waals surface area contributed by atoms with E-state index in [0.29, 0.717) is 0 Å². The first kappa shape index (κ1) is 12.3. The predicted molar refractivity (Wildman–Crippen MR) is 75.6 cm³/mol. The Morgan fingerprint density at radius 3 is 2.17 bits per heavy atom. The smallest absolute Gasteiger partial charge is 0.186 e. The molecule has 0 amide bonds. The van der Waals surface area contributed by atoms with Crippen molar-refractivity contribution < 1.29 is 4.79 Å². The van der Waals surface area contributed by atoms with E-state index in [2.05, 4.69) is 0 Å². The second-order valence-corrected chi connectivity index (χ2v) is 4.50. The minimum absolute atomic E-state index is 0.0643. The van der Waals surface area contributed by atoms with Crippen molar-refractivity contribution in [3.8, 4) is 11.1 Å². The zero-order chi connectivity index (χ0) is 13.0. The number of carbonyl (C=O) groups is 1. The normalized spacial score (nSPS) is 9.89. The van der Waals surface area contributed by atoms with Gasteiger partial charge in [0, 0.05) is 5.56 Å². The summed E-state index contributed by atoms with van der Waals surface area (Å²) in [6.07, 6.45) is 1.68. The molecule has 0 aliphatic carbocycles. The second kappa shape index (κ2) is 5.46. The average Bonchev–Trinajstić information content (AvgIpc) is 2.39. The zero-order valence-electron chi connectivity index (χ0n) is 10.7. The molecule has 0 unspecified atom stereocenters. The Bertz CT molecular complexity index is 576. The Morgan fingerprint density at radius 2 is 1.50 bits per heavy atom. The van der Waals surface area contributed by atoms with E-state index < -0.39 is 0 Å². The number of carbonyl (C=O) groups excluding carboxylic acids is 1. The molecule has 0 saturated carbocycles. The number of hydrogen-bond donors (Lipinski definition) is 0. The highest BCUT2D eigenvalue weighted by atomic mass is 16.1. The van der Waals surface area contributed by atoms with E-state index in [1.165, 1.54) is 0 Å². The number of hydrogen-bond acceptors (Lipinski definition) is 1. The van der Waals surface area contributed by atoms with Crippen molar-refractivity contribution in [3.05, 3.63) is 71.8 Å². The fourth-order valence-corrected chi connectivity index (χ4v) is 1.91. The summed E-state index contributed by atoms with van der Waals surface area (Å²) in [6.45, 7) is 3.87. The second-order valence-electron chi connectivity index (χ2n) is 4.50. The molecule has 0 radical (unpaired) electrons. The van der Waals surface area contributed by atoms with Gasteiger partial charge in [0.1, 0.15) is 0 Å². The van der Waals surface area contributed by atoms with E-state index in [1.54, 1.807) is 6.08 Å². The fourth-order valence-electron chi connectivity index (χ4n) is 1.91. The third-order valence-electron chi connectivity index (χ3n) is 2.70. The Labute approximate surface area is 108 Å². The highest BCUT2D eigenvalue weighted by Crippen LogP contribution is 2.24. The van der Waals surface area contributed by atoms with Crippen LogP contribution in [0.25, 0.3) is 11.1 Å². The van der Waals surface area contributed by atoms with E-state index in [9.17, 15) is 4.79 Å². The van der Waals surface area contributed by atoms with Gasteiger partial charge >= 0.3 is 0 Å². The van der Waals surface area contributed by atoms with Crippen molar-refractivity contribution in [3.63, 3.8) is 0 Å². The maximum absolute atomic E-state index is 12.2. The van der Waals surface area contributed by atoms with E-state index in [1.807, 2.05) is 68.4 Å². The fraction of sp³-hybridized carbons (Fsp3) is 0.118. The van der Waals surface area contributed by atoms with Gasteiger partial charge in [0.2, 0.25) is 0 Å². The number of allylic oxidation sites excluding steroid dienone is 2. The molecule has 0 aliphatic heterocycles. The lowest BCUT2D eigenvalue weighted by Crippen LogP contribution is -1.98. The summed E-state index contributed by atoms with van der Waals surface area (Å²) in [4.78, 5) is 12.2. The lowest BCUT2D eigenvalue weighted by Gasteiger charge is -2.07. The predicted octanol–water partition coefficient (Wildman–Crippen LogP) is 4.50. The van der Waals surface area contributed by atoms with Crippen LogP contribution in [0.4, 0.5) is 0 Å². The van der Waals surface area contributed by atoms with Gasteiger partial charge in [-0.05, 0) is 31.1 Å². The number of ketones is 1. The first-order valence-corrected chi connectivity index (χ1v) is 6.02. The maximum Gasteiger partial charge on any atom is 0.186 e. The maximum atomic E-state index is 12.2. The molecular formula is C17H16O. The van der Waals surface area contributed by atoms with Gasteiger partial charge in [-0.3, -0.25) is 4.79 Å². The third kappa shape index (κ3) is 2.75. The Hall–Kier alpha value is -2.15. The summed E-state index contributed by atoms with van der Waals surface area (Å²) >= 11 is 0. The standard InChI is InChI=1S/C17H16O/c1-13(2)12-17(18)16-11-7-6-10-15(16)14-8-4-3-5-9-14/h3-12H,1-2H3. The Kier molecular flexibility index (Phi) is 3.73. The van der Waals surface area contributed by atoms with Gasteiger partial charge in [-0.15, -0.1) is 0 Å². The van der Waals surface area contributed by atoms with Gasteiger partial charge in [-0.1, -0.05) is 60.2 Å². The molecular weight excluding hydrogens is 220 g/mol. The van der Waals surface area contributed by atoms with Crippen molar-refractivity contribution >= 4 is 5.78 Å². The minimum atomic E-state index is 0.0643. The molecule has 0 aliphatic rings. The molecule has 1 nitrogen and oxygen atoms in total. The van der Waals surface area contributed by atoms with Crippen LogP contribution in [-0.4, -0.2) is 5.78 Å². The van der Waals surface area contributed by atoms with Gasteiger partial charge in [0.25, 0.3) is 0 Å². The van der Waals surface area contributed by atoms with Crippen LogP contribution in [0.2, 0.25) is 0 Å². The topological polar surface area (TPSA) is 17.1 Å². The van der Waals surface area contributed by atoms with Gasteiger partial charge in [-0.25, -0.2) is 0 Å². The van der Waals surface area contributed by atoms with E-state index in [4.69, 9.17) is 0 Å². The highest BCUT2D eigenvalue weighted by molar-refractivity contribution is 6.09. The number of benzene rings is 2. The Morgan fingerprint density at radius 1 is 0.889 bits per heavy atom. The monoisotopic (exact) mass is 236 g/mol. The van der Waals surface area contributed by atoms with Crippen LogP contribution in [-0.2, 0) is 0 Å². The van der Waals surface area contributed by atoms with Gasteiger partial charge in [0.05, 0.1) is 0 Å². The minimum Gasteiger partial charge on any atom is -0.289 e. The van der Waals surface area contributed by atoms with Crippen LogP contribution in [0.5, 0.6) is 0 Å². The van der Waals surface area contributed by atoms with Crippen molar-refractivity contribution in [1.29, 1.82) is 0 Å². The van der Waals surface area contributed by atoms with Crippen LogP contribution < -0.4 is 0 Å². The molecule has 2 aromatic rings. The molecule has 0 fully saturated rings. The van der Waals surface area contributed by atoms with E-state index >= 15 is 0 Å². The number of rotatable bonds is 3. The van der Waals surface area contributed by atoms with Crippen LogP contribution in [0, 0.1) is 0 Å². The molecule has 0 aromatic heterocycles. The molecule has 1 heteroatoms. The van der Waals surface area contributed by atoms with Crippen LogP contribution in [0.1, 0.15) is 24.2 Å². The summed E-state index contributed by atoms with van der Waals surface area (Å²) in [6, 6.07) is 17.7. The van der Waals surface area contributed by atoms with Gasteiger partial charge < -0.3 is 0 Å². The largest absolute Gasteiger partial charge is 0.289 e. The quantitative estimate of drug-likeness (QED) is 0.566. The first-order valence-electron chi connectivity index (χ1n) is 6.02. The van der Waals surface area contributed by atoms with E-state index in [-0.39, 0.29) is 5.78 Å². The molecule has 0 atom stereocenters. The van der Waals surface area contributed by atoms with Crippen molar-refractivity contribution in [2.75, 3.05) is 0 Å². The van der Waals surface area contributed by atoms with Crippen LogP contribution >= 0.6 is 0 Å². The van der Waals surface area contributed by atoms with Crippen molar-refractivity contribution in [2.45, 2.75) is 13.8 Å². The lowest BCUT2D eigenvalue weighted by atomic mass is 9.96.